The summed E-state index contributed by atoms with van der Waals surface area (Å²) in [6.07, 6.45) is 0.601. The van der Waals surface area contributed by atoms with Crippen LogP contribution in [0.3, 0.4) is 0 Å². The average Bonchev–Trinajstić information content (AvgIpc) is 3.24. The molecule has 2 aliphatic carbocycles. The lowest BCUT2D eigenvalue weighted by Gasteiger charge is -2.26. The Hall–Kier alpha value is -2.22. The molecule has 1 aliphatic heterocycles. The van der Waals surface area contributed by atoms with Gasteiger partial charge in [-0.3, -0.25) is 19.2 Å². The topological polar surface area (TPSA) is 98.8 Å². The molecule has 0 unspecified atom stereocenters. The van der Waals surface area contributed by atoms with Crippen LogP contribution in [0.25, 0.3) is 0 Å². The van der Waals surface area contributed by atoms with Crippen LogP contribution in [0.15, 0.2) is 24.3 Å². The Labute approximate surface area is 163 Å². The smallest absolute Gasteiger partial charge is 0.310 e. The van der Waals surface area contributed by atoms with Crippen molar-refractivity contribution in [2.45, 2.75) is 24.3 Å². The second-order valence-corrected chi connectivity index (χ2v) is 8.31. The van der Waals surface area contributed by atoms with Gasteiger partial charge in [-0.1, -0.05) is 15.9 Å². The number of carbonyl (C=O) groups excluding carboxylic acids is 4. The minimum atomic E-state index is -0.562. The van der Waals surface area contributed by atoms with Crippen molar-refractivity contribution in [3.05, 3.63) is 29.8 Å². The third-order valence-corrected chi connectivity index (χ3v) is 6.92. The molecule has 7 nitrogen and oxygen atoms in total. The molecule has 27 heavy (non-hydrogen) atoms. The van der Waals surface area contributed by atoms with Crippen LogP contribution in [0, 0.1) is 23.7 Å². The number of fused-ring (bicyclic) bond motifs is 1. The standard InChI is InChI=1S/C19H18BrNO6/c1-8(22)9-2-4-10(5-3-9)21-13(23)7-26-18(24)14-11-6-12-15(14)19(25)27-17(12)16(11)20/h2-5,11-12,14-17H,6-7H2,1H3,(H,21,23)/t11-,12-,14-,15-,16-,17+/m1/s1. The number of alkyl halides is 1. The number of rotatable bonds is 5. The SMILES string of the molecule is CC(=O)c1ccc(NC(=O)COC(=O)[C@@H]2[C@H]3C[C@H]4[C@H](OC(=O)[C@H]42)[C@@H]3Br)cc1. The maximum absolute atomic E-state index is 12.5. The van der Waals surface area contributed by atoms with Crippen molar-refractivity contribution < 1.29 is 28.7 Å². The second-order valence-electron chi connectivity index (χ2n) is 7.25. The molecule has 1 amide bonds. The van der Waals surface area contributed by atoms with Crippen molar-refractivity contribution in [2.75, 3.05) is 11.9 Å². The van der Waals surface area contributed by atoms with Gasteiger partial charge in [0.05, 0.1) is 16.7 Å². The van der Waals surface area contributed by atoms with Gasteiger partial charge < -0.3 is 14.8 Å². The van der Waals surface area contributed by atoms with Gasteiger partial charge in [0.25, 0.3) is 5.91 Å². The number of ketones is 1. The average molecular weight is 436 g/mol. The zero-order valence-corrected chi connectivity index (χ0v) is 16.1. The van der Waals surface area contributed by atoms with E-state index in [4.69, 9.17) is 9.47 Å². The number of ether oxygens (including phenoxy) is 2. The molecular formula is C19H18BrNO6. The molecule has 0 aromatic heterocycles. The molecule has 1 N–H and O–H groups in total. The molecule has 2 saturated carbocycles. The van der Waals surface area contributed by atoms with E-state index in [2.05, 4.69) is 21.2 Å². The number of anilines is 1. The second kappa shape index (κ2) is 6.74. The Morgan fingerprint density at radius 3 is 2.59 bits per heavy atom. The first-order valence-corrected chi connectivity index (χ1v) is 9.70. The van der Waals surface area contributed by atoms with Gasteiger partial charge in [0.1, 0.15) is 6.10 Å². The van der Waals surface area contributed by atoms with Gasteiger partial charge in [0.2, 0.25) is 0 Å². The van der Waals surface area contributed by atoms with Crippen molar-refractivity contribution in [3.8, 4) is 0 Å². The summed E-state index contributed by atoms with van der Waals surface area (Å²) in [4.78, 5) is 47.8. The molecule has 8 heteroatoms. The predicted octanol–water partition coefficient (Wildman–Crippen LogP) is 1.94. The number of carbonyl (C=O) groups is 4. The number of hydrogen-bond acceptors (Lipinski definition) is 6. The third kappa shape index (κ3) is 3.05. The zero-order valence-electron chi connectivity index (χ0n) is 14.5. The Morgan fingerprint density at radius 2 is 1.93 bits per heavy atom. The van der Waals surface area contributed by atoms with E-state index in [0.717, 1.165) is 6.42 Å². The van der Waals surface area contributed by atoms with Crippen LogP contribution in [0.5, 0.6) is 0 Å². The molecule has 3 fully saturated rings. The Bertz CT molecular complexity index is 822. The van der Waals surface area contributed by atoms with E-state index in [0.29, 0.717) is 11.3 Å². The third-order valence-electron chi connectivity index (χ3n) is 5.72. The summed E-state index contributed by atoms with van der Waals surface area (Å²) in [5, 5.41) is 2.61. The fourth-order valence-corrected chi connectivity index (χ4v) is 5.56. The molecule has 0 spiro atoms. The Kier molecular flexibility index (Phi) is 4.53. The van der Waals surface area contributed by atoms with Crippen LogP contribution in [-0.4, -0.2) is 41.2 Å². The number of amides is 1. The highest BCUT2D eigenvalue weighted by molar-refractivity contribution is 9.09. The number of hydrogen-bond donors (Lipinski definition) is 1. The van der Waals surface area contributed by atoms with Crippen LogP contribution in [0.2, 0.25) is 0 Å². The minimum Gasteiger partial charge on any atom is -0.461 e. The summed E-state index contributed by atoms with van der Waals surface area (Å²) in [5.74, 6) is -2.39. The fraction of sp³-hybridized carbons (Fsp3) is 0.474. The van der Waals surface area contributed by atoms with Crippen LogP contribution in [0.4, 0.5) is 5.69 Å². The lowest BCUT2D eigenvalue weighted by molar-refractivity contribution is -0.157. The van der Waals surface area contributed by atoms with Gasteiger partial charge >= 0.3 is 11.9 Å². The molecule has 4 rings (SSSR count). The highest BCUT2D eigenvalue weighted by Gasteiger charge is 2.68. The highest BCUT2D eigenvalue weighted by Crippen LogP contribution is 2.60. The van der Waals surface area contributed by atoms with Gasteiger partial charge in [-0.2, -0.15) is 0 Å². The maximum Gasteiger partial charge on any atom is 0.310 e. The number of esters is 2. The summed E-state index contributed by atoms with van der Waals surface area (Å²) in [5.41, 5.74) is 1.05. The van der Waals surface area contributed by atoms with Gasteiger partial charge in [-0.05, 0) is 43.5 Å². The van der Waals surface area contributed by atoms with E-state index < -0.39 is 30.3 Å². The summed E-state index contributed by atoms with van der Waals surface area (Å²) < 4.78 is 10.6. The van der Waals surface area contributed by atoms with E-state index in [-0.39, 0.29) is 34.5 Å². The van der Waals surface area contributed by atoms with Crippen LogP contribution >= 0.6 is 15.9 Å². The summed E-state index contributed by atoms with van der Waals surface area (Å²) in [6, 6.07) is 6.43. The molecule has 6 atom stereocenters. The van der Waals surface area contributed by atoms with Gasteiger partial charge in [0.15, 0.2) is 12.4 Å². The van der Waals surface area contributed by atoms with E-state index in [1.54, 1.807) is 24.3 Å². The normalized spacial score (nSPS) is 32.9. The monoisotopic (exact) mass is 435 g/mol. The van der Waals surface area contributed by atoms with Gasteiger partial charge in [-0.15, -0.1) is 0 Å². The number of benzene rings is 1. The first kappa shape index (κ1) is 18.2. The largest absolute Gasteiger partial charge is 0.461 e. The molecule has 1 aromatic carbocycles. The van der Waals surface area contributed by atoms with Crippen molar-refractivity contribution in [2.24, 2.45) is 23.7 Å². The summed E-state index contributed by atoms with van der Waals surface area (Å²) >= 11 is 3.54. The van der Waals surface area contributed by atoms with Crippen molar-refractivity contribution in [3.63, 3.8) is 0 Å². The van der Waals surface area contributed by atoms with E-state index >= 15 is 0 Å². The van der Waals surface area contributed by atoms with Crippen molar-refractivity contribution in [1.82, 2.24) is 0 Å². The number of halogens is 1. The molecule has 1 heterocycles. The number of Topliss-reactive ketones (excluding diaryl/α,β-unsaturated/α-hetero) is 1. The first-order valence-electron chi connectivity index (χ1n) is 8.79. The van der Waals surface area contributed by atoms with Crippen LogP contribution < -0.4 is 5.32 Å². The molecular weight excluding hydrogens is 418 g/mol. The van der Waals surface area contributed by atoms with Gasteiger partial charge in [0, 0.05) is 17.2 Å². The van der Waals surface area contributed by atoms with E-state index in [1.807, 2.05) is 0 Å². The van der Waals surface area contributed by atoms with Crippen LogP contribution in [-0.2, 0) is 23.9 Å². The molecule has 3 aliphatic rings. The fourth-order valence-electron chi connectivity index (χ4n) is 4.51. The molecule has 142 valence electrons. The predicted molar refractivity (Wildman–Crippen MR) is 97.2 cm³/mol. The summed E-state index contributed by atoms with van der Waals surface area (Å²) in [6.45, 7) is 1.03. The quantitative estimate of drug-likeness (QED) is 0.431. The Balaban J connectivity index is 1.33. The van der Waals surface area contributed by atoms with Gasteiger partial charge in [-0.25, -0.2) is 0 Å². The number of nitrogens with one attached hydrogen (secondary N) is 1. The summed E-state index contributed by atoms with van der Waals surface area (Å²) in [7, 11) is 0. The Morgan fingerprint density at radius 1 is 1.22 bits per heavy atom. The van der Waals surface area contributed by atoms with Crippen molar-refractivity contribution >= 4 is 45.2 Å². The maximum atomic E-state index is 12.5. The van der Waals surface area contributed by atoms with Crippen LogP contribution in [0.1, 0.15) is 23.7 Å². The molecule has 1 saturated heterocycles. The molecule has 2 bridgehead atoms. The molecule has 0 radical (unpaired) electrons. The van der Waals surface area contributed by atoms with E-state index in [9.17, 15) is 19.2 Å². The lowest BCUT2D eigenvalue weighted by Crippen LogP contribution is -2.39. The highest BCUT2D eigenvalue weighted by atomic mass is 79.9. The van der Waals surface area contributed by atoms with Crippen molar-refractivity contribution in [1.29, 1.82) is 0 Å². The zero-order chi connectivity index (χ0) is 19.3. The van der Waals surface area contributed by atoms with E-state index in [1.165, 1.54) is 6.92 Å². The first-order chi connectivity index (χ1) is 12.9. The minimum absolute atomic E-state index is 0.00821. The lowest BCUT2D eigenvalue weighted by atomic mass is 9.80. The molecule has 1 aromatic rings.